The van der Waals surface area contributed by atoms with E-state index in [-0.39, 0.29) is 5.92 Å². The van der Waals surface area contributed by atoms with Crippen molar-refractivity contribution < 1.29 is 4.79 Å². The van der Waals surface area contributed by atoms with E-state index in [0.717, 1.165) is 26.4 Å². The van der Waals surface area contributed by atoms with Gasteiger partial charge in [-0.3, -0.25) is 4.79 Å². The normalized spacial score (nSPS) is 24.6. The molecular weight excluding hydrogens is 391 g/mol. The van der Waals surface area contributed by atoms with Gasteiger partial charge in [-0.05, 0) is 59.5 Å². The molecule has 0 radical (unpaired) electrons. The fraction of sp³-hybridized carbons (Fsp3) is 0.500. The SMILES string of the molecule is CC1CCCC(C(=O)c2cc(Br)ccc2I)C1. The van der Waals surface area contributed by atoms with Crippen molar-refractivity contribution in [2.45, 2.75) is 32.6 Å². The molecule has 1 fully saturated rings. The van der Waals surface area contributed by atoms with Gasteiger partial charge in [0.2, 0.25) is 0 Å². The standard InChI is InChI=1S/C14H16BrIO/c1-9-3-2-4-10(7-9)14(17)12-8-11(15)5-6-13(12)16/h5-6,8-10H,2-4,7H2,1H3. The fourth-order valence-electron chi connectivity index (χ4n) is 2.58. The molecule has 17 heavy (non-hydrogen) atoms. The van der Waals surface area contributed by atoms with E-state index in [0.29, 0.717) is 11.7 Å². The molecule has 0 N–H and O–H groups in total. The Morgan fingerprint density at radius 1 is 1.41 bits per heavy atom. The zero-order valence-electron chi connectivity index (χ0n) is 9.88. The summed E-state index contributed by atoms with van der Waals surface area (Å²) in [6.07, 6.45) is 4.59. The molecule has 1 aromatic rings. The van der Waals surface area contributed by atoms with E-state index in [1.165, 1.54) is 12.8 Å². The second kappa shape index (κ2) is 5.83. The first-order chi connectivity index (χ1) is 8.08. The summed E-state index contributed by atoms with van der Waals surface area (Å²) < 4.78 is 2.05. The minimum absolute atomic E-state index is 0.238. The predicted octanol–water partition coefficient (Wildman–Crippen LogP) is 5.06. The maximum atomic E-state index is 12.5. The van der Waals surface area contributed by atoms with Crippen LogP contribution in [0.3, 0.4) is 0 Å². The molecule has 0 aromatic heterocycles. The fourth-order valence-corrected chi connectivity index (χ4v) is 3.54. The first-order valence-corrected chi connectivity index (χ1v) is 7.94. The van der Waals surface area contributed by atoms with Crippen molar-refractivity contribution in [3.05, 3.63) is 31.8 Å². The first kappa shape index (κ1) is 13.5. The summed E-state index contributed by atoms with van der Waals surface area (Å²) in [7, 11) is 0. The van der Waals surface area contributed by atoms with Crippen LogP contribution in [0.4, 0.5) is 0 Å². The maximum absolute atomic E-state index is 12.5. The van der Waals surface area contributed by atoms with Crippen LogP contribution in [-0.4, -0.2) is 5.78 Å². The van der Waals surface area contributed by atoms with Gasteiger partial charge in [-0.15, -0.1) is 0 Å². The Hall–Kier alpha value is 0.1000. The molecule has 3 heteroatoms. The van der Waals surface area contributed by atoms with Gasteiger partial charge in [0.25, 0.3) is 0 Å². The van der Waals surface area contributed by atoms with E-state index in [9.17, 15) is 4.79 Å². The number of ketones is 1. The lowest BCUT2D eigenvalue weighted by Gasteiger charge is -2.25. The molecule has 0 amide bonds. The van der Waals surface area contributed by atoms with Gasteiger partial charge in [-0.2, -0.15) is 0 Å². The van der Waals surface area contributed by atoms with Gasteiger partial charge in [-0.1, -0.05) is 35.7 Å². The molecule has 0 heterocycles. The minimum atomic E-state index is 0.238. The Balaban J connectivity index is 2.21. The van der Waals surface area contributed by atoms with Gasteiger partial charge < -0.3 is 0 Å². The van der Waals surface area contributed by atoms with Crippen LogP contribution in [0.2, 0.25) is 0 Å². The number of halogens is 2. The highest BCUT2D eigenvalue weighted by Gasteiger charge is 2.26. The Labute approximate surface area is 125 Å². The average Bonchev–Trinajstić information content (AvgIpc) is 2.31. The predicted molar refractivity (Wildman–Crippen MR) is 82.3 cm³/mol. The van der Waals surface area contributed by atoms with Crippen LogP contribution in [0.25, 0.3) is 0 Å². The molecule has 0 saturated heterocycles. The van der Waals surface area contributed by atoms with Gasteiger partial charge >= 0.3 is 0 Å². The molecule has 2 rings (SSSR count). The van der Waals surface area contributed by atoms with Crippen molar-refractivity contribution >= 4 is 44.3 Å². The molecule has 0 spiro atoms. The lowest BCUT2D eigenvalue weighted by molar-refractivity contribution is 0.0867. The zero-order valence-corrected chi connectivity index (χ0v) is 13.6. The summed E-state index contributed by atoms with van der Waals surface area (Å²) in [4.78, 5) is 12.5. The third-order valence-electron chi connectivity index (χ3n) is 3.50. The van der Waals surface area contributed by atoms with Crippen LogP contribution >= 0.6 is 38.5 Å². The minimum Gasteiger partial charge on any atom is -0.294 e. The molecule has 2 unspecified atom stereocenters. The number of hydrogen-bond donors (Lipinski definition) is 0. The Morgan fingerprint density at radius 3 is 2.88 bits per heavy atom. The molecule has 92 valence electrons. The Morgan fingerprint density at radius 2 is 2.18 bits per heavy atom. The number of rotatable bonds is 2. The van der Waals surface area contributed by atoms with Gasteiger partial charge in [0.1, 0.15) is 0 Å². The third-order valence-corrected chi connectivity index (χ3v) is 4.93. The summed E-state index contributed by atoms with van der Waals surface area (Å²) in [6, 6.07) is 5.95. The van der Waals surface area contributed by atoms with Gasteiger partial charge in [-0.25, -0.2) is 0 Å². The highest BCUT2D eigenvalue weighted by Crippen LogP contribution is 2.32. The zero-order chi connectivity index (χ0) is 12.4. The van der Waals surface area contributed by atoms with E-state index in [1.807, 2.05) is 18.2 Å². The van der Waals surface area contributed by atoms with Crippen molar-refractivity contribution in [1.82, 2.24) is 0 Å². The van der Waals surface area contributed by atoms with Crippen molar-refractivity contribution in [1.29, 1.82) is 0 Å². The van der Waals surface area contributed by atoms with Gasteiger partial charge in [0, 0.05) is 19.5 Å². The highest BCUT2D eigenvalue weighted by atomic mass is 127. The molecule has 0 aliphatic heterocycles. The lowest BCUT2D eigenvalue weighted by Crippen LogP contribution is -2.22. The van der Waals surface area contributed by atoms with E-state index in [2.05, 4.69) is 45.4 Å². The number of carbonyl (C=O) groups excluding carboxylic acids is 1. The molecule has 1 aliphatic carbocycles. The first-order valence-electron chi connectivity index (χ1n) is 6.07. The largest absolute Gasteiger partial charge is 0.294 e. The van der Waals surface area contributed by atoms with Crippen molar-refractivity contribution in [2.24, 2.45) is 11.8 Å². The second-order valence-corrected chi connectivity index (χ2v) is 7.03. The molecule has 2 atom stereocenters. The molecular formula is C14H16BrIO. The number of Topliss-reactive ketones (excluding diaryl/α,β-unsaturated/α-hetero) is 1. The summed E-state index contributed by atoms with van der Waals surface area (Å²) in [5.41, 5.74) is 0.888. The van der Waals surface area contributed by atoms with Gasteiger partial charge in [0.05, 0.1) is 0 Å². The lowest BCUT2D eigenvalue weighted by atomic mass is 9.79. The Kier molecular flexibility index (Phi) is 4.64. The average molecular weight is 407 g/mol. The molecule has 1 aliphatic rings. The second-order valence-electron chi connectivity index (χ2n) is 4.96. The van der Waals surface area contributed by atoms with Crippen LogP contribution in [0.15, 0.2) is 22.7 Å². The quantitative estimate of drug-likeness (QED) is 0.495. The summed E-state index contributed by atoms with van der Waals surface area (Å²) in [5.74, 6) is 1.27. The van der Waals surface area contributed by atoms with Crippen molar-refractivity contribution in [2.75, 3.05) is 0 Å². The van der Waals surface area contributed by atoms with E-state index >= 15 is 0 Å². The summed E-state index contributed by atoms with van der Waals surface area (Å²) >= 11 is 5.70. The van der Waals surface area contributed by atoms with Crippen molar-refractivity contribution in [3.63, 3.8) is 0 Å². The van der Waals surface area contributed by atoms with Gasteiger partial charge in [0.15, 0.2) is 5.78 Å². The van der Waals surface area contributed by atoms with Crippen LogP contribution in [0.1, 0.15) is 43.0 Å². The topological polar surface area (TPSA) is 17.1 Å². The maximum Gasteiger partial charge on any atom is 0.167 e. The van der Waals surface area contributed by atoms with E-state index < -0.39 is 0 Å². The molecule has 1 aromatic carbocycles. The summed E-state index contributed by atoms with van der Waals surface area (Å²) in [5, 5.41) is 0. The molecule has 1 nitrogen and oxygen atoms in total. The summed E-state index contributed by atoms with van der Waals surface area (Å²) in [6.45, 7) is 2.26. The van der Waals surface area contributed by atoms with E-state index in [4.69, 9.17) is 0 Å². The number of carbonyl (C=O) groups is 1. The highest BCUT2D eigenvalue weighted by molar-refractivity contribution is 14.1. The van der Waals surface area contributed by atoms with Crippen LogP contribution in [0.5, 0.6) is 0 Å². The van der Waals surface area contributed by atoms with Crippen LogP contribution < -0.4 is 0 Å². The van der Waals surface area contributed by atoms with Crippen LogP contribution in [0, 0.1) is 15.4 Å². The number of hydrogen-bond acceptors (Lipinski definition) is 1. The monoisotopic (exact) mass is 406 g/mol. The molecule has 1 saturated carbocycles. The smallest absolute Gasteiger partial charge is 0.167 e. The number of benzene rings is 1. The van der Waals surface area contributed by atoms with Crippen molar-refractivity contribution in [3.8, 4) is 0 Å². The Bertz CT molecular complexity index is 430. The third kappa shape index (κ3) is 3.31. The molecule has 0 bridgehead atoms. The van der Waals surface area contributed by atoms with E-state index in [1.54, 1.807) is 0 Å². The van der Waals surface area contributed by atoms with Crippen LogP contribution in [-0.2, 0) is 0 Å².